The second kappa shape index (κ2) is 5.21. The predicted molar refractivity (Wildman–Crippen MR) is 73.2 cm³/mol. The summed E-state index contributed by atoms with van der Waals surface area (Å²) in [4.78, 5) is 16.2. The minimum Gasteiger partial charge on any atom is -0.389 e. The molecule has 1 aromatic carbocycles. The number of hydrogen-bond acceptors (Lipinski definition) is 4. The third-order valence-electron chi connectivity index (χ3n) is 3.05. The Morgan fingerprint density at radius 3 is 2.72 bits per heavy atom. The van der Waals surface area contributed by atoms with Crippen LogP contribution in [-0.4, -0.2) is 11.5 Å². The molecule has 0 unspecified atom stereocenters. The average Bonchev–Trinajstić information content (AvgIpc) is 2.32. The molecule has 0 bridgehead atoms. The van der Waals surface area contributed by atoms with E-state index in [-0.39, 0.29) is 5.63 Å². The van der Waals surface area contributed by atoms with Crippen molar-refractivity contribution in [1.29, 1.82) is 0 Å². The van der Waals surface area contributed by atoms with Crippen LogP contribution in [0.5, 0.6) is 0 Å². The molecule has 1 aromatic heterocycles. The molecule has 1 N–H and O–H groups in total. The third-order valence-corrected chi connectivity index (χ3v) is 3.05. The molecule has 0 aliphatic rings. The predicted octanol–water partition coefficient (Wildman–Crippen LogP) is 3.02. The van der Waals surface area contributed by atoms with E-state index in [1.165, 1.54) is 0 Å². The van der Waals surface area contributed by atoms with Crippen LogP contribution in [0.4, 0.5) is 6.01 Å². The highest BCUT2D eigenvalue weighted by atomic mass is 16.4. The van der Waals surface area contributed by atoms with E-state index in [0.29, 0.717) is 16.9 Å². The summed E-state index contributed by atoms with van der Waals surface area (Å²) in [6.07, 6.45) is 2.11. The molecule has 0 spiro atoms. The molecule has 2 rings (SSSR count). The van der Waals surface area contributed by atoms with Crippen molar-refractivity contribution in [1.82, 2.24) is 4.98 Å². The second-order valence-corrected chi connectivity index (χ2v) is 4.54. The quantitative estimate of drug-likeness (QED) is 0.842. The molecule has 0 fully saturated rings. The van der Waals surface area contributed by atoms with Gasteiger partial charge in [0.05, 0.1) is 10.9 Å². The number of nitrogens with one attached hydrogen (secondary N) is 1. The van der Waals surface area contributed by atoms with Crippen molar-refractivity contribution >= 4 is 16.9 Å². The van der Waals surface area contributed by atoms with Crippen molar-refractivity contribution in [2.75, 3.05) is 11.9 Å². The summed E-state index contributed by atoms with van der Waals surface area (Å²) in [5.41, 5.74) is 2.55. The van der Waals surface area contributed by atoms with Crippen molar-refractivity contribution in [2.24, 2.45) is 0 Å². The largest absolute Gasteiger partial charge is 0.389 e. The Labute approximate surface area is 106 Å². The number of aryl methyl sites for hydroxylation is 2. The number of anilines is 1. The van der Waals surface area contributed by atoms with Gasteiger partial charge in [-0.2, -0.15) is 4.98 Å². The highest BCUT2D eigenvalue weighted by molar-refractivity contribution is 5.79. The first kappa shape index (κ1) is 12.6. The van der Waals surface area contributed by atoms with Crippen LogP contribution < -0.4 is 10.9 Å². The van der Waals surface area contributed by atoms with Crippen molar-refractivity contribution in [3.05, 3.63) is 33.7 Å². The van der Waals surface area contributed by atoms with Gasteiger partial charge in [0, 0.05) is 6.54 Å². The molecule has 0 saturated heterocycles. The smallest absolute Gasteiger partial charge is 0.348 e. The molecular formula is C14H18N2O2. The summed E-state index contributed by atoms with van der Waals surface area (Å²) in [6.45, 7) is 6.86. The van der Waals surface area contributed by atoms with Crippen molar-refractivity contribution in [2.45, 2.75) is 33.6 Å². The van der Waals surface area contributed by atoms with Crippen LogP contribution >= 0.6 is 0 Å². The number of hydrogen-bond donors (Lipinski definition) is 1. The van der Waals surface area contributed by atoms with Gasteiger partial charge in [-0.3, -0.25) is 0 Å². The molecule has 1 heterocycles. The van der Waals surface area contributed by atoms with Crippen LogP contribution in [-0.2, 0) is 0 Å². The van der Waals surface area contributed by atoms with Crippen LogP contribution in [0.3, 0.4) is 0 Å². The number of unbranched alkanes of at least 4 members (excludes halogenated alkanes) is 1. The lowest BCUT2D eigenvalue weighted by molar-refractivity contribution is 0.515. The van der Waals surface area contributed by atoms with E-state index in [2.05, 4.69) is 17.2 Å². The molecular weight excluding hydrogens is 228 g/mol. The fourth-order valence-electron chi connectivity index (χ4n) is 1.78. The van der Waals surface area contributed by atoms with Crippen molar-refractivity contribution in [3.8, 4) is 0 Å². The Bertz CT molecular complexity index is 617. The standard InChI is InChI=1S/C14H18N2O2/c1-4-5-6-15-14-16-12-8-10(3)9(2)7-11(12)13(17)18-14/h7-8H,4-6H2,1-3H3,(H,15,16). The topological polar surface area (TPSA) is 55.1 Å². The van der Waals surface area contributed by atoms with Gasteiger partial charge in [-0.05, 0) is 43.5 Å². The van der Waals surface area contributed by atoms with E-state index in [1.54, 1.807) is 0 Å². The molecule has 2 aromatic rings. The molecule has 4 heteroatoms. The fourth-order valence-corrected chi connectivity index (χ4v) is 1.78. The zero-order valence-corrected chi connectivity index (χ0v) is 11.0. The summed E-state index contributed by atoms with van der Waals surface area (Å²) in [7, 11) is 0. The van der Waals surface area contributed by atoms with Crippen LogP contribution in [0.15, 0.2) is 21.3 Å². The minimum atomic E-state index is -0.331. The minimum absolute atomic E-state index is 0.309. The number of nitrogens with zero attached hydrogens (tertiary/aromatic N) is 1. The highest BCUT2D eigenvalue weighted by Gasteiger charge is 2.07. The summed E-state index contributed by atoms with van der Waals surface area (Å²) >= 11 is 0. The average molecular weight is 246 g/mol. The number of benzene rings is 1. The van der Waals surface area contributed by atoms with Gasteiger partial charge >= 0.3 is 5.63 Å². The Balaban J connectivity index is 2.42. The summed E-state index contributed by atoms with van der Waals surface area (Å²) in [6, 6.07) is 4.07. The van der Waals surface area contributed by atoms with Crippen LogP contribution in [0.1, 0.15) is 30.9 Å². The molecule has 0 amide bonds. The number of rotatable bonds is 4. The van der Waals surface area contributed by atoms with Gasteiger partial charge in [0.25, 0.3) is 6.01 Å². The van der Waals surface area contributed by atoms with E-state index in [0.717, 1.165) is 30.5 Å². The van der Waals surface area contributed by atoms with E-state index in [1.807, 2.05) is 26.0 Å². The number of aromatic nitrogens is 1. The van der Waals surface area contributed by atoms with Gasteiger partial charge in [0.15, 0.2) is 0 Å². The van der Waals surface area contributed by atoms with E-state index < -0.39 is 0 Å². The Morgan fingerprint density at radius 1 is 1.28 bits per heavy atom. The molecule has 0 aliphatic heterocycles. The summed E-state index contributed by atoms with van der Waals surface area (Å²) in [5.74, 6) is 0. The SMILES string of the molecule is CCCCNc1nc2cc(C)c(C)cc2c(=O)o1. The van der Waals surface area contributed by atoms with Crippen molar-refractivity contribution < 1.29 is 4.42 Å². The van der Waals surface area contributed by atoms with Crippen LogP contribution in [0.25, 0.3) is 10.9 Å². The van der Waals surface area contributed by atoms with Gasteiger partial charge in [-0.15, -0.1) is 0 Å². The lowest BCUT2D eigenvalue weighted by atomic mass is 10.1. The molecule has 0 aliphatic carbocycles. The molecule has 0 radical (unpaired) electrons. The van der Waals surface area contributed by atoms with E-state index in [9.17, 15) is 4.79 Å². The lowest BCUT2D eigenvalue weighted by Crippen LogP contribution is -2.09. The second-order valence-electron chi connectivity index (χ2n) is 4.54. The molecule has 18 heavy (non-hydrogen) atoms. The molecule has 0 atom stereocenters. The van der Waals surface area contributed by atoms with Crippen LogP contribution in [0.2, 0.25) is 0 Å². The Kier molecular flexibility index (Phi) is 3.65. The maximum Gasteiger partial charge on any atom is 0.348 e. The normalized spacial score (nSPS) is 10.8. The lowest BCUT2D eigenvalue weighted by Gasteiger charge is -2.05. The maximum absolute atomic E-state index is 11.8. The third kappa shape index (κ3) is 2.53. The fraction of sp³-hybridized carbons (Fsp3) is 0.429. The van der Waals surface area contributed by atoms with Gasteiger partial charge in [-0.25, -0.2) is 4.79 Å². The molecule has 0 saturated carbocycles. The zero-order valence-electron chi connectivity index (χ0n) is 11.0. The monoisotopic (exact) mass is 246 g/mol. The highest BCUT2D eigenvalue weighted by Crippen LogP contribution is 2.16. The van der Waals surface area contributed by atoms with E-state index >= 15 is 0 Å². The van der Waals surface area contributed by atoms with Crippen molar-refractivity contribution in [3.63, 3.8) is 0 Å². The Hall–Kier alpha value is -1.84. The number of fused-ring (bicyclic) bond motifs is 1. The molecule has 4 nitrogen and oxygen atoms in total. The summed E-state index contributed by atoms with van der Waals surface area (Å²) in [5, 5.41) is 3.58. The first-order valence-electron chi connectivity index (χ1n) is 6.27. The van der Waals surface area contributed by atoms with Gasteiger partial charge in [0.1, 0.15) is 0 Å². The van der Waals surface area contributed by atoms with Crippen LogP contribution in [0, 0.1) is 13.8 Å². The zero-order chi connectivity index (χ0) is 13.1. The van der Waals surface area contributed by atoms with Gasteiger partial charge in [0.2, 0.25) is 0 Å². The first-order chi connectivity index (χ1) is 8.61. The molecule has 96 valence electrons. The first-order valence-corrected chi connectivity index (χ1v) is 6.27. The van der Waals surface area contributed by atoms with E-state index in [4.69, 9.17) is 4.42 Å². The Morgan fingerprint density at radius 2 is 2.00 bits per heavy atom. The summed E-state index contributed by atoms with van der Waals surface area (Å²) < 4.78 is 5.15. The maximum atomic E-state index is 11.8. The van der Waals surface area contributed by atoms with Gasteiger partial charge in [-0.1, -0.05) is 13.3 Å². The van der Waals surface area contributed by atoms with Gasteiger partial charge < -0.3 is 9.73 Å².